The number of nitrogens with zero attached hydrogens (tertiary/aromatic N) is 1. The van der Waals surface area contributed by atoms with E-state index < -0.39 is 26.6 Å². The third-order valence-electron chi connectivity index (χ3n) is 5.30. The average Bonchev–Trinajstić information content (AvgIpc) is 2.75. The van der Waals surface area contributed by atoms with Gasteiger partial charge in [-0.2, -0.15) is 4.31 Å². The lowest BCUT2D eigenvalue weighted by Crippen LogP contribution is -2.36. The van der Waals surface area contributed by atoms with E-state index in [0.29, 0.717) is 12.1 Å². The first-order chi connectivity index (χ1) is 14.4. The van der Waals surface area contributed by atoms with Crippen LogP contribution in [-0.4, -0.2) is 25.2 Å². The Kier molecular flexibility index (Phi) is 5.40. The van der Waals surface area contributed by atoms with E-state index in [9.17, 15) is 17.6 Å². The van der Waals surface area contributed by atoms with E-state index in [4.69, 9.17) is 0 Å². The SMILES string of the molecule is Cc1ccccc1NC(=O)c1ccc(F)c(S(=O)(=O)N2CCc3ccccc3C2)c1. The lowest BCUT2D eigenvalue weighted by Gasteiger charge is -2.28. The standard InChI is InChI=1S/C23H21FN2O3S/c1-16-6-2-5-9-21(16)25-23(27)18-10-11-20(24)22(14-18)30(28,29)26-13-12-17-7-3-4-8-19(17)15-26/h2-11,14H,12-13,15H2,1H3,(H,25,27). The maximum absolute atomic E-state index is 14.5. The van der Waals surface area contributed by atoms with E-state index in [-0.39, 0.29) is 18.7 Å². The first kappa shape index (κ1) is 20.3. The Balaban J connectivity index is 1.63. The van der Waals surface area contributed by atoms with Gasteiger partial charge in [0, 0.05) is 24.3 Å². The van der Waals surface area contributed by atoms with Gasteiger partial charge in [-0.1, -0.05) is 42.5 Å². The first-order valence-corrected chi connectivity index (χ1v) is 11.0. The van der Waals surface area contributed by atoms with Crippen molar-refractivity contribution < 1.29 is 17.6 Å². The quantitative estimate of drug-likeness (QED) is 0.685. The predicted molar refractivity (Wildman–Crippen MR) is 113 cm³/mol. The van der Waals surface area contributed by atoms with Gasteiger partial charge in [-0.05, 0) is 54.3 Å². The molecule has 0 unspecified atom stereocenters. The summed E-state index contributed by atoms with van der Waals surface area (Å²) in [5.74, 6) is -1.37. The topological polar surface area (TPSA) is 66.5 Å². The molecule has 1 amide bonds. The van der Waals surface area contributed by atoms with Gasteiger partial charge in [0.2, 0.25) is 10.0 Å². The molecule has 0 saturated carbocycles. The molecule has 154 valence electrons. The lowest BCUT2D eigenvalue weighted by molar-refractivity contribution is 0.102. The number of halogens is 1. The molecule has 7 heteroatoms. The smallest absolute Gasteiger partial charge is 0.255 e. The molecular weight excluding hydrogens is 403 g/mol. The molecule has 0 fully saturated rings. The zero-order chi connectivity index (χ0) is 21.3. The zero-order valence-electron chi connectivity index (χ0n) is 16.4. The summed E-state index contributed by atoms with van der Waals surface area (Å²) in [5, 5.41) is 2.75. The fraction of sp³-hybridized carbons (Fsp3) is 0.174. The second-order valence-corrected chi connectivity index (χ2v) is 9.18. The molecule has 3 aromatic carbocycles. The number of fused-ring (bicyclic) bond motifs is 1. The Morgan fingerprint density at radius 3 is 2.47 bits per heavy atom. The van der Waals surface area contributed by atoms with Crippen molar-refractivity contribution in [3.63, 3.8) is 0 Å². The second-order valence-electron chi connectivity index (χ2n) is 7.27. The number of hydrogen-bond donors (Lipinski definition) is 1. The Morgan fingerprint density at radius 1 is 1.00 bits per heavy atom. The molecule has 30 heavy (non-hydrogen) atoms. The number of aryl methyl sites for hydroxylation is 1. The zero-order valence-corrected chi connectivity index (χ0v) is 17.2. The molecule has 1 aliphatic heterocycles. The number of rotatable bonds is 4. The molecule has 5 nitrogen and oxygen atoms in total. The van der Waals surface area contributed by atoms with Gasteiger partial charge in [0.15, 0.2) is 0 Å². The number of carbonyl (C=O) groups is 1. The summed E-state index contributed by atoms with van der Waals surface area (Å²) >= 11 is 0. The molecule has 0 bridgehead atoms. The number of hydrogen-bond acceptors (Lipinski definition) is 3. The number of amides is 1. The van der Waals surface area contributed by atoms with E-state index in [1.54, 1.807) is 12.1 Å². The van der Waals surface area contributed by atoms with Crippen molar-refractivity contribution in [3.05, 3.63) is 94.8 Å². The van der Waals surface area contributed by atoms with Gasteiger partial charge in [-0.15, -0.1) is 0 Å². The van der Waals surface area contributed by atoms with Crippen molar-refractivity contribution in [1.29, 1.82) is 0 Å². The minimum Gasteiger partial charge on any atom is -0.322 e. The fourth-order valence-corrected chi connectivity index (χ4v) is 5.07. The number of anilines is 1. The fourth-order valence-electron chi connectivity index (χ4n) is 3.56. The van der Waals surface area contributed by atoms with Gasteiger partial charge in [0.1, 0.15) is 10.7 Å². The molecule has 1 aliphatic rings. The molecule has 0 aliphatic carbocycles. The number of para-hydroxylation sites is 1. The van der Waals surface area contributed by atoms with Crippen LogP contribution >= 0.6 is 0 Å². The maximum Gasteiger partial charge on any atom is 0.255 e. The summed E-state index contributed by atoms with van der Waals surface area (Å²) in [6, 6.07) is 18.3. The van der Waals surface area contributed by atoms with E-state index in [1.807, 2.05) is 43.3 Å². The molecule has 0 atom stereocenters. The normalized spacial score (nSPS) is 14.2. The molecule has 0 spiro atoms. The van der Waals surface area contributed by atoms with Gasteiger partial charge >= 0.3 is 0 Å². The van der Waals surface area contributed by atoms with Crippen molar-refractivity contribution in [1.82, 2.24) is 4.31 Å². The molecule has 4 rings (SSSR count). The van der Waals surface area contributed by atoms with Crippen LogP contribution in [0.1, 0.15) is 27.0 Å². The monoisotopic (exact) mass is 424 g/mol. The predicted octanol–water partition coefficient (Wildman–Crippen LogP) is 4.13. The summed E-state index contributed by atoms with van der Waals surface area (Å²) in [5.41, 5.74) is 3.56. The number of nitrogens with one attached hydrogen (secondary N) is 1. The van der Waals surface area contributed by atoms with Gasteiger partial charge in [-0.3, -0.25) is 4.79 Å². The molecule has 1 heterocycles. The van der Waals surface area contributed by atoms with Crippen LogP contribution < -0.4 is 5.32 Å². The summed E-state index contributed by atoms with van der Waals surface area (Å²) in [7, 11) is -4.09. The molecule has 0 saturated heterocycles. The van der Waals surface area contributed by atoms with Crippen molar-refractivity contribution >= 4 is 21.6 Å². The third-order valence-corrected chi connectivity index (χ3v) is 7.16. The summed E-state index contributed by atoms with van der Waals surface area (Å²) < 4.78 is 42.1. The van der Waals surface area contributed by atoms with Crippen LogP contribution in [-0.2, 0) is 23.0 Å². The van der Waals surface area contributed by atoms with Crippen molar-refractivity contribution in [2.75, 3.05) is 11.9 Å². The van der Waals surface area contributed by atoms with E-state index in [0.717, 1.165) is 28.8 Å². The van der Waals surface area contributed by atoms with Crippen molar-refractivity contribution in [2.24, 2.45) is 0 Å². The Hall–Kier alpha value is -3.03. The van der Waals surface area contributed by atoms with Crippen LogP contribution in [0.2, 0.25) is 0 Å². The van der Waals surface area contributed by atoms with Crippen LogP contribution in [0.3, 0.4) is 0 Å². The lowest BCUT2D eigenvalue weighted by atomic mass is 10.0. The average molecular weight is 424 g/mol. The van der Waals surface area contributed by atoms with E-state index in [1.165, 1.54) is 10.4 Å². The third kappa shape index (κ3) is 3.86. The van der Waals surface area contributed by atoms with Crippen LogP contribution in [0.25, 0.3) is 0 Å². The van der Waals surface area contributed by atoms with Crippen LogP contribution in [0.15, 0.2) is 71.6 Å². The van der Waals surface area contributed by atoms with Crippen LogP contribution in [0.5, 0.6) is 0 Å². The second kappa shape index (κ2) is 8.01. The first-order valence-electron chi connectivity index (χ1n) is 9.60. The molecule has 0 aromatic heterocycles. The highest BCUT2D eigenvalue weighted by Gasteiger charge is 2.31. The Bertz CT molecular complexity index is 1220. The van der Waals surface area contributed by atoms with Gasteiger partial charge in [0.05, 0.1) is 0 Å². The van der Waals surface area contributed by atoms with E-state index >= 15 is 0 Å². The van der Waals surface area contributed by atoms with E-state index in [2.05, 4.69) is 5.32 Å². The van der Waals surface area contributed by atoms with Crippen LogP contribution in [0, 0.1) is 12.7 Å². The number of benzene rings is 3. The summed E-state index contributed by atoms with van der Waals surface area (Å²) in [4.78, 5) is 12.2. The van der Waals surface area contributed by atoms with Crippen molar-refractivity contribution in [3.8, 4) is 0 Å². The number of sulfonamides is 1. The Morgan fingerprint density at radius 2 is 1.70 bits per heavy atom. The largest absolute Gasteiger partial charge is 0.322 e. The summed E-state index contributed by atoms with van der Waals surface area (Å²) in [6.07, 6.45) is 0.560. The van der Waals surface area contributed by atoms with Gasteiger partial charge < -0.3 is 5.32 Å². The summed E-state index contributed by atoms with van der Waals surface area (Å²) in [6.45, 7) is 2.29. The van der Waals surface area contributed by atoms with Gasteiger partial charge in [0.25, 0.3) is 5.91 Å². The minimum absolute atomic E-state index is 0.0793. The van der Waals surface area contributed by atoms with Crippen LogP contribution in [0.4, 0.5) is 10.1 Å². The minimum atomic E-state index is -4.09. The highest BCUT2D eigenvalue weighted by molar-refractivity contribution is 7.89. The highest BCUT2D eigenvalue weighted by Crippen LogP contribution is 2.27. The molecule has 0 radical (unpaired) electrons. The van der Waals surface area contributed by atoms with Crippen molar-refractivity contribution in [2.45, 2.75) is 24.8 Å². The highest BCUT2D eigenvalue weighted by atomic mass is 32.2. The molecular formula is C23H21FN2O3S. The Labute approximate surface area is 175 Å². The maximum atomic E-state index is 14.5. The molecule has 3 aromatic rings. The molecule has 1 N–H and O–H groups in total. The van der Waals surface area contributed by atoms with Gasteiger partial charge in [-0.25, -0.2) is 12.8 Å². The number of carbonyl (C=O) groups excluding carboxylic acids is 1.